The van der Waals surface area contributed by atoms with E-state index < -0.39 is 10.0 Å². The van der Waals surface area contributed by atoms with Gasteiger partial charge in [-0.15, -0.1) is 12.3 Å². The Balaban J connectivity index is 1.82. The van der Waals surface area contributed by atoms with E-state index in [9.17, 15) is 8.42 Å². The molecule has 0 atom stereocenters. The zero-order valence-electron chi connectivity index (χ0n) is 13.7. The van der Waals surface area contributed by atoms with Gasteiger partial charge in [0.1, 0.15) is 0 Å². The topological polar surface area (TPSA) is 49.4 Å². The highest BCUT2D eigenvalue weighted by atomic mass is 35.5. The number of rotatable bonds is 5. The molecule has 0 radical (unpaired) electrons. The summed E-state index contributed by atoms with van der Waals surface area (Å²) in [6.07, 6.45) is 6.93. The summed E-state index contributed by atoms with van der Waals surface area (Å²) in [4.78, 5) is 2.51. The first-order chi connectivity index (χ1) is 12.0. The summed E-state index contributed by atoms with van der Waals surface area (Å²) < 4.78 is 27.9. The van der Waals surface area contributed by atoms with E-state index >= 15 is 0 Å². The fraction of sp³-hybridized carbons (Fsp3) is 0.263. The molecule has 4 nitrogen and oxygen atoms in total. The molecule has 1 aliphatic heterocycles. The molecular weight excluding hydrogens is 356 g/mol. The minimum atomic E-state index is -3.66. The van der Waals surface area contributed by atoms with E-state index in [-0.39, 0.29) is 4.90 Å². The molecule has 0 aromatic heterocycles. The minimum Gasteiger partial charge on any atom is -0.298 e. The molecule has 0 bridgehead atoms. The first-order valence-electron chi connectivity index (χ1n) is 8.04. The van der Waals surface area contributed by atoms with Crippen LogP contribution in [0, 0.1) is 12.3 Å². The summed E-state index contributed by atoms with van der Waals surface area (Å²) in [5.74, 6) is 2.65. The summed E-state index contributed by atoms with van der Waals surface area (Å²) in [5, 5.41) is 0.481. The molecule has 1 heterocycles. The standard InChI is InChI=1S/C19H19ClN2O2S/c1-2-3-10-22-11-9-15-7-8-19(12-16(15)14-22)25(23,24)21-18-6-4-5-17(20)13-18/h1,4-8,12-13,21H,3,9-11,14H2. The second-order valence-electron chi connectivity index (χ2n) is 6.03. The SMILES string of the molecule is C#CCCN1CCc2ccc(S(=O)(=O)Nc3cccc(Cl)c3)cc2C1. The van der Waals surface area contributed by atoms with Gasteiger partial charge in [-0.1, -0.05) is 23.7 Å². The van der Waals surface area contributed by atoms with Crippen molar-refractivity contribution in [3.05, 3.63) is 58.6 Å². The van der Waals surface area contributed by atoms with E-state index in [0.717, 1.165) is 31.6 Å². The van der Waals surface area contributed by atoms with Crippen LogP contribution in [0.3, 0.4) is 0 Å². The Labute approximate surface area is 153 Å². The molecular formula is C19H19ClN2O2S. The van der Waals surface area contributed by atoms with E-state index in [1.54, 1.807) is 36.4 Å². The van der Waals surface area contributed by atoms with E-state index in [4.69, 9.17) is 18.0 Å². The Morgan fingerprint density at radius 3 is 2.80 bits per heavy atom. The van der Waals surface area contributed by atoms with Gasteiger partial charge in [-0.25, -0.2) is 8.42 Å². The number of nitrogens with one attached hydrogen (secondary N) is 1. The number of terminal acetylenes is 1. The number of benzene rings is 2. The van der Waals surface area contributed by atoms with Gasteiger partial charge in [0.25, 0.3) is 10.0 Å². The Morgan fingerprint density at radius 2 is 2.04 bits per heavy atom. The summed E-state index contributed by atoms with van der Waals surface area (Å²) in [5.41, 5.74) is 2.68. The number of anilines is 1. The maximum Gasteiger partial charge on any atom is 0.261 e. The van der Waals surface area contributed by atoms with Crippen LogP contribution in [-0.2, 0) is 23.0 Å². The molecule has 0 unspecified atom stereocenters. The number of halogens is 1. The second-order valence-corrected chi connectivity index (χ2v) is 8.15. The summed E-state index contributed by atoms with van der Waals surface area (Å²) in [6, 6.07) is 12.0. The Kier molecular flexibility index (Phi) is 5.33. The van der Waals surface area contributed by atoms with Gasteiger partial charge in [0.05, 0.1) is 10.6 Å². The highest BCUT2D eigenvalue weighted by molar-refractivity contribution is 7.92. The molecule has 0 saturated carbocycles. The van der Waals surface area contributed by atoms with E-state index in [1.807, 2.05) is 6.07 Å². The summed E-state index contributed by atoms with van der Waals surface area (Å²) in [7, 11) is -3.66. The lowest BCUT2D eigenvalue weighted by Gasteiger charge is -2.28. The molecule has 0 spiro atoms. The van der Waals surface area contributed by atoms with Crippen molar-refractivity contribution in [2.24, 2.45) is 0 Å². The van der Waals surface area contributed by atoms with Gasteiger partial charge < -0.3 is 0 Å². The smallest absolute Gasteiger partial charge is 0.261 e. The number of sulfonamides is 1. The summed E-state index contributed by atoms with van der Waals surface area (Å²) >= 11 is 5.92. The lowest BCUT2D eigenvalue weighted by molar-refractivity contribution is 0.260. The van der Waals surface area contributed by atoms with E-state index in [0.29, 0.717) is 17.1 Å². The molecule has 2 aromatic rings. The average Bonchev–Trinajstić information content (AvgIpc) is 2.59. The van der Waals surface area contributed by atoms with Crippen LogP contribution >= 0.6 is 11.6 Å². The van der Waals surface area contributed by atoms with Crippen molar-refractivity contribution in [3.63, 3.8) is 0 Å². The van der Waals surface area contributed by atoms with Crippen LogP contribution in [0.2, 0.25) is 5.02 Å². The lowest BCUT2D eigenvalue weighted by atomic mass is 10.00. The number of fused-ring (bicyclic) bond motifs is 1. The van der Waals surface area contributed by atoms with Gasteiger partial charge >= 0.3 is 0 Å². The van der Waals surface area contributed by atoms with Gasteiger partial charge in [-0.2, -0.15) is 0 Å². The van der Waals surface area contributed by atoms with Crippen LogP contribution in [0.5, 0.6) is 0 Å². The third-order valence-corrected chi connectivity index (χ3v) is 5.84. The van der Waals surface area contributed by atoms with Crippen LogP contribution in [0.15, 0.2) is 47.4 Å². The highest BCUT2D eigenvalue weighted by Crippen LogP contribution is 2.25. The van der Waals surface area contributed by atoms with Crippen molar-refractivity contribution in [1.82, 2.24) is 4.90 Å². The van der Waals surface area contributed by atoms with Crippen molar-refractivity contribution < 1.29 is 8.42 Å². The molecule has 130 valence electrons. The van der Waals surface area contributed by atoms with Crippen LogP contribution in [-0.4, -0.2) is 26.4 Å². The average molecular weight is 375 g/mol. The van der Waals surface area contributed by atoms with Crippen LogP contribution < -0.4 is 4.72 Å². The molecule has 1 N–H and O–H groups in total. The quantitative estimate of drug-likeness (QED) is 0.814. The Morgan fingerprint density at radius 1 is 1.20 bits per heavy atom. The Bertz CT molecular complexity index is 919. The monoisotopic (exact) mass is 374 g/mol. The predicted molar refractivity (Wildman–Crippen MR) is 101 cm³/mol. The minimum absolute atomic E-state index is 0.255. The largest absolute Gasteiger partial charge is 0.298 e. The first-order valence-corrected chi connectivity index (χ1v) is 9.90. The van der Waals surface area contributed by atoms with Crippen molar-refractivity contribution >= 4 is 27.3 Å². The van der Waals surface area contributed by atoms with Gasteiger partial charge in [0, 0.05) is 31.1 Å². The molecule has 0 saturated heterocycles. The second kappa shape index (κ2) is 7.49. The molecule has 0 amide bonds. The van der Waals surface area contributed by atoms with Crippen molar-refractivity contribution in [2.75, 3.05) is 17.8 Å². The molecule has 0 aliphatic carbocycles. The Hall–Kier alpha value is -2.00. The maximum absolute atomic E-state index is 12.7. The fourth-order valence-corrected chi connectivity index (χ4v) is 4.23. The zero-order valence-corrected chi connectivity index (χ0v) is 15.3. The van der Waals surface area contributed by atoms with E-state index in [1.165, 1.54) is 5.56 Å². The molecule has 6 heteroatoms. The van der Waals surface area contributed by atoms with Crippen LogP contribution in [0.1, 0.15) is 17.5 Å². The van der Waals surface area contributed by atoms with Crippen molar-refractivity contribution in [2.45, 2.75) is 24.3 Å². The third kappa shape index (κ3) is 4.35. The van der Waals surface area contributed by atoms with Gasteiger partial charge in [0.15, 0.2) is 0 Å². The molecule has 1 aliphatic rings. The van der Waals surface area contributed by atoms with Crippen LogP contribution in [0.4, 0.5) is 5.69 Å². The molecule has 3 rings (SSSR count). The van der Waals surface area contributed by atoms with Crippen molar-refractivity contribution in [1.29, 1.82) is 0 Å². The van der Waals surface area contributed by atoms with Gasteiger partial charge in [-0.3, -0.25) is 9.62 Å². The van der Waals surface area contributed by atoms with E-state index in [2.05, 4.69) is 15.5 Å². The fourth-order valence-electron chi connectivity index (χ4n) is 2.94. The highest BCUT2D eigenvalue weighted by Gasteiger charge is 2.20. The molecule has 2 aromatic carbocycles. The third-order valence-electron chi connectivity index (χ3n) is 4.23. The molecule has 0 fully saturated rings. The normalized spacial score (nSPS) is 14.6. The number of hydrogen-bond donors (Lipinski definition) is 1. The number of nitrogens with zero attached hydrogens (tertiary/aromatic N) is 1. The predicted octanol–water partition coefficient (Wildman–Crippen LogP) is 3.52. The zero-order chi connectivity index (χ0) is 17.9. The first kappa shape index (κ1) is 17.8. The lowest BCUT2D eigenvalue weighted by Crippen LogP contribution is -2.31. The van der Waals surface area contributed by atoms with Gasteiger partial charge in [-0.05, 0) is 47.9 Å². The van der Waals surface area contributed by atoms with Crippen LogP contribution in [0.25, 0.3) is 0 Å². The maximum atomic E-state index is 12.7. The number of hydrogen-bond acceptors (Lipinski definition) is 3. The summed E-state index contributed by atoms with van der Waals surface area (Å²) in [6.45, 7) is 2.49. The van der Waals surface area contributed by atoms with Crippen molar-refractivity contribution in [3.8, 4) is 12.3 Å². The van der Waals surface area contributed by atoms with Gasteiger partial charge in [0.2, 0.25) is 0 Å². The molecule has 25 heavy (non-hydrogen) atoms.